The quantitative estimate of drug-likeness (QED) is 0.827. The van der Waals surface area contributed by atoms with E-state index in [1.54, 1.807) is 0 Å². The molecule has 0 radical (unpaired) electrons. The number of aryl methyl sites for hydroxylation is 1. The van der Waals surface area contributed by atoms with E-state index in [-0.39, 0.29) is 0 Å². The van der Waals surface area contributed by atoms with Crippen molar-refractivity contribution in [2.24, 2.45) is 0 Å². The summed E-state index contributed by atoms with van der Waals surface area (Å²) in [5.74, 6) is 0.564. The minimum Gasteiger partial charge on any atom is -0.379 e. The van der Waals surface area contributed by atoms with E-state index in [9.17, 15) is 0 Å². The Kier molecular flexibility index (Phi) is 3.21. The van der Waals surface area contributed by atoms with Gasteiger partial charge in [0.1, 0.15) is 0 Å². The fourth-order valence-corrected chi connectivity index (χ4v) is 2.98. The molecule has 78 valence electrons. The molecule has 1 N–H and O–H groups in total. The summed E-state index contributed by atoms with van der Waals surface area (Å²) in [4.78, 5) is 2.85. The molecule has 0 bridgehead atoms. The summed E-state index contributed by atoms with van der Waals surface area (Å²) < 4.78 is 5.53. The molecule has 14 heavy (non-hydrogen) atoms. The van der Waals surface area contributed by atoms with E-state index >= 15 is 0 Å². The van der Waals surface area contributed by atoms with Gasteiger partial charge in [-0.15, -0.1) is 11.3 Å². The Morgan fingerprint density at radius 3 is 3.00 bits per heavy atom. The van der Waals surface area contributed by atoms with Crippen molar-refractivity contribution in [2.45, 2.75) is 25.8 Å². The Balaban J connectivity index is 2.09. The molecule has 0 amide bonds. The molecule has 3 heteroatoms. The van der Waals surface area contributed by atoms with Crippen LogP contribution in [0.3, 0.4) is 0 Å². The standard InChI is InChI=1S/C11H17NOS/c1-3-12-10-7-13-6-9(10)11-5-4-8(2)14-11/h4-5,9-10,12H,3,6-7H2,1-2H3. The Morgan fingerprint density at radius 1 is 1.50 bits per heavy atom. The monoisotopic (exact) mass is 211 g/mol. The maximum Gasteiger partial charge on any atom is 0.0627 e. The normalized spacial score (nSPS) is 27.0. The Morgan fingerprint density at radius 2 is 2.36 bits per heavy atom. The number of likely N-dealkylation sites (N-methyl/N-ethyl adjacent to an activating group) is 1. The predicted molar refractivity (Wildman–Crippen MR) is 60.1 cm³/mol. The molecule has 1 aliphatic heterocycles. The van der Waals surface area contributed by atoms with Gasteiger partial charge in [-0.05, 0) is 25.6 Å². The van der Waals surface area contributed by atoms with Crippen molar-refractivity contribution in [1.29, 1.82) is 0 Å². The molecule has 1 fully saturated rings. The molecule has 2 nitrogen and oxygen atoms in total. The molecular weight excluding hydrogens is 194 g/mol. The van der Waals surface area contributed by atoms with Crippen LogP contribution in [0.4, 0.5) is 0 Å². The molecule has 1 saturated heterocycles. The molecule has 2 rings (SSSR count). The van der Waals surface area contributed by atoms with E-state index in [1.165, 1.54) is 9.75 Å². The van der Waals surface area contributed by atoms with Gasteiger partial charge in [-0.25, -0.2) is 0 Å². The number of nitrogens with one attached hydrogen (secondary N) is 1. The van der Waals surface area contributed by atoms with Gasteiger partial charge in [-0.1, -0.05) is 6.92 Å². The number of thiophene rings is 1. The van der Waals surface area contributed by atoms with Crippen LogP contribution in [0.1, 0.15) is 22.6 Å². The first-order valence-electron chi connectivity index (χ1n) is 5.18. The van der Waals surface area contributed by atoms with E-state index in [0.717, 1.165) is 19.8 Å². The van der Waals surface area contributed by atoms with Gasteiger partial charge < -0.3 is 10.1 Å². The summed E-state index contributed by atoms with van der Waals surface area (Å²) in [7, 11) is 0. The maximum atomic E-state index is 5.53. The van der Waals surface area contributed by atoms with Gasteiger partial charge in [0.15, 0.2) is 0 Å². The van der Waals surface area contributed by atoms with Crippen molar-refractivity contribution < 1.29 is 4.74 Å². The van der Waals surface area contributed by atoms with Gasteiger partial charge in [0.05, 0.1) is 13.2 Å². The molecule has 0 saturated carbocycles. The minimum absolute atomic E-state index is 0.512. The van der Waals surface area contributed by atoms with Gasteiger partial charge >= 0.3 is 0 Å². The largest absolute Gasteiger partial charge is 0.379 e. The molecule has 1 aromatic heterocycles. The third-order valence-electron chi connectivity index (χ3n) is 2.67. The second kappa shape index (κ2) is 4.43. The van der Waals surface area contributed by atoms with Gasteiger partial charge in [0.2, 0.25) is 0 Å². The van der Waals surface area contributed by atoms with E-state index in [2.05, 4.69) is 31.3 Å². The lowest BCUT2D eigenvalue weighted by Crippen LogP contribution is -2.33. The van der Waals surface area contributed by atoms with Crippen molar-refractivity contribution in [1.82, 2.24) is 5.32 Å². The Bertz CT molecular complexity index is 297. The molecular formula is C11H17NOS. The van der Waals surface area contributed by atoms with Crippen molar-refractivity contribution in [3.8, 4) is 0 Å². The molecule has 1 aromatic rings. The van der Waals surface area contributed by atoms with Crippen LogP contribution < -0.4 is 5.32 Å². The highest BCUT2D eigenvalue weighted by molar-refractivity contribution is 7.12. The van der Waals surface area contributed by atoms with Crippen LogP contribution in [0.15, 0.2) is 12.1 Å². The second-order valence-electron chi connectivity index (χ2n) is 3.76. The Hall–Kier alpha value is -0.380. The average Bonchev–Trinajstić information content (AvgIpc) is 2.74. The molecule has 1 aliphatic rings. The fraction of sp³-hybridized carbons (Fsp3) is 0.636. The first kappa shape index (κ1) is 10.1. The van der Waals surface area contributed by atoms with Crippen LogP contribution in [0, 0.1) is 6.92 Å². The van der Waals surface area contributed by atoms with Crippen molar-refractivity contribution >= 4 is 11.3 Å². The van der Waals surface area contributed by atoms with Crippen LogP contribution in [-0.4, -0.2) is 25.8 Å². The van der Waals surface area contributed by atoms with Gasteiger partial charge in [-0.3, -0.25) is 0 Å². The topological polar surface area (TPSA) is 21.3 Å². The second-order valence-corrected chi connectivity index (χ2v) is 5.08. The zero-order chi connectivity index (χ0) is 9.97. The summed E-state index contributed by atoms with van der Waals surface area (Å²) in [5.41, 5.74) is 0. The molecule has 0 aliphatic carbocycles. The number of rotatable bonds is 3. The summed E-state index contributed by atoms with van der Waals surface area (Å²) in [6.45, 7) is 7.06. The predicted octanol–water partition coefficient (Wildman–Crippen LogP) is 2.15. The van der Waals surface area contributed by atoms with Crippen LogP contribution in [0.2, 0.25) is 0 Å². The van der Waals surface area contributed by atoms with Crippen molar-refractivity contribution in [3.05, 3.63) is 21.9 Å². The lowest BCUT2D eigenvalue weighted by atomic mass is 10.0. The summed E-state index contributed by atoms with van der Waals surface area (Å²) >= 11 is 1.89. The van der Waals surface area contributed by atoms with E-state index in [4.69, 9.17) is 4.74 Å². The number of ether oxygens (including phenoxy) is 1. The highest BCUT2D eigenvalue weighted by Gasteiger charge is 2.29. The van der Waals surface area contributed by atoms with Crippen LogP contribution >= 0.6 is 11.3 Å². The molecule has 0 spiro atoms. The third kappa shape index (κ3) is 2.00. The lowest BCUT2D eigenvalue weighted by Gasteiger charge is -2.16. The van der Waals surface area contributed by atoms with Crippen LogP contribution in [-0.2, 0) is 4.74 Å². The lowest BCUT2D eigenvalue weighted by molar-refractivity contribution is 0.188. The van der Waals surface area contributed by atoms with Crippen LogP contribution in [0.25, 0.3) is 0 Å². The summed E-state index contributed by atoms with van der Waals surface area (Å²) in [6.07, 6.45) is 0. The van der Waals surface area contributed by atoms with E-state index in [1.807, 2.05) is 11.3 Å². The highest BCUT2D eigenvalue weighted by Crippen LogP contribution is 2.30. The first-order chi connectivity index (χ1) is 6.81. The SMILES string of the molecule is CCNC1COCC1c1ccc(C)s1. The first-order valence-corrected chi connectivity index (χ1v) is 6.00. The van der Waals surface area contributed by atoms with Gasteiger partial charge in [0.25, 0.3) is 0 Å². The van der Waals surface area contributed by atoms with Crippen molar-refractivity contribution in [3.63, 3.8) is 0 Å². The molecule has 0 aromatic carbocycles. The molecule has 2 atom stereocenters. The summed E-state index contributed by atoms with van der Waals surface area (Å²) in [5, 5.41) is 3.48. The molecule has 2 heterocycles. The summed E-state index contributed by atoms with van der Waals surface area (Å²) in [6, 6.07) is 4.95. The maximum absolute atomic E-state index is 5.53. The van der Waals surface area contributed by atoms with E-state index in [0.29, 0.717) is 12.0 Å². The van der Waals surface area contributed by atoms with E-state index < -0.39 is 0 Å². The van der Waals surface area contributed by atoms with Gasteiger partial charge in [-0.2, -0.15) is 0 Å². The van der Waals surface area contributed by atoms with Gasteiger partial charge in [0, 0.05) is 21.7 Å². The minimum atomic E-state index is 0.512. The van der Waals surface area contributed by atoms with Crippen molar-refractivity contribution in [2.75, 3.05) is 19.8 Å². The smallest absolute Gasteiger partial charge is 0.0627 e. The third-order valence-corrected chi connectivity index (χ3v) is 3.81. The number of hydrogen-bond donors (Lipinski definition) is 1. The zero-order valence-corrected chi connectivity index (χ0v) is 9.56. The van der Waals surface area contributed by atoms with Crippen LogP contribution in [0.5, 0.6) is 0 Å². The number of hydrogen-bond acceptors (Lipinski definition) is 3. The average molecular weight is 211 g/mol. The fourth-order valence-electron chi connectivity index (χ4n) is 1.95. The Labute approximate surface area is 89.3 Å². The molecule has 2 unspecified atom stereocenters. The zero-order valence-electron chi connectivity index (χ0n) is 8.75. The highest BCUT2D eigenvalue weighted by atomic mass is 32.1.